The van der Waals surface area contributed by atoms with E-state index in [1.807, 2.05) is 12.1 Å². The minimum Gasteiger partial charge on any atom is -0.484 e. The standard InChI is InChI=1S/C23H17Cl2N3O2/c1-29-23-22(30-18-6-14-4-2-3-5-15(14)7-18)9-17(11-28-23)16(10-26)8-19-20(24)12-27-13-21(19)25/h2-5,8-9,11-13,18H,6-7H2,1H3/b16-8+. The molecule has 0 fully saturated rings. The summed E-state index contributed by atoms with van der Waals surface area (Å²) in [7, 11) is 1.54. The van der Waals surface area contributed by atoms with Crippen molar-refractivity contribution in [2.45, 2.75) is 18.9 Å². The van der Waals surface area contributed by atoms with Gasteiger partial charge in [-0.15, -0.1) is 0 Å². The Labute approximate surface area is 184 Å². The van der Waals surface area contributed by atoms with Crippen LogP contribution in [0.5, 0.6) is 11.6 Å². The van der Waals surface area contributed by atoms with Gasteiger partial charge in [0.1, 0.15) is 6.10 Å². The molecule has 7 heteroatoms. The number of aromatic nitrogens is 2. The number of pyridine rings is 2. The number of nitriles is 1. The number of fused-ring (bicyclic) bond motifs is 1. The van der Waals surface area contributed by atoms with Crippen molar-refractivity contribution in [3.63, 3.8) is 0 Å². The highest BCUT2D eigenvalue weighted by Crippen LogP contribution is 2.34. The Balaban J connectivity index is 1.65. The van der Waals surface area contributed by atoms with Gasteiger partial charge in [0.25, 0.3) is 5.88 Å². The van der Waals surface area contributed by atoms with Gasteiger partial charge < -0.3 is 9.47 Å². The van der Waals surface area contributed by atoms with Gasteiger partial charge in [-0.05, 0) is 23.3 Å². The van der Waals surface area contributed by atoms with Crippen molar-refractivity contribution in [1.29, 1.82) is 5.26 Å². The molecule has 0 radical (unpaired) electrons. The molecule has 1 aliphatic rings. The Bertz CT molecular complexity index is 1130. The van der Waals surface area contributed by atoms with Gasteiger partial charge in [-0.3, -0.25) is 4.98 Å². The van der Waals surface area contributed by atoms with Crippen LogP contribution in [0.4, 0.5) is 0 Å². The van der Waals surface area contributed by atoms with Gasteiger partial charge in [-0.1, -0.05) is 47.5 Å². The van der Waals surface area contributed by atoms with Gasteiger partial charge in [0.05, 0.1) is 28.8 Å². The fraction of sp³-hybridized carbons (Fsp3) is 0.174. The van der Waals surface area contributed by atoms with Gasteiger partial charge in [-0.2, -0.15) is 5.26 Å². The molecule has 0 atom stereocenters. The summed E-state index contributed by atoms with van der Waals surface area (Å²) in [4.78, 5) is 8.26. The molecule has 0 amide bonds. The predicted octanol–water partition coefficient (Wildman–Crippen LogP) is 5.40. The second-order valence-corrected chi connectivity index (χ2v) is 7.65. The summed E-state index contributed by atoms with van der Waals surface area (Å²) in [5, 5.41) is 10.4. The summed E-state index contributed by atoms with van der Waals surface area (Å²) < 4.78 is 11.6. The quantitative estimate of drug-likeness (QED) is 0.499. The van der Waals surface area contributed by atoms with Crippen LogP contribution in [-0.2, 0) is 12.8 Å². The summed E-state index contributed by atoms with van der Waals surface area (Å²) >= 11 is 12.4. The molecule has 0 spiro atoms. The molecule has 4 rings (SSSR count). The Kier molecular flexibility index (Phi) is 5.89. The van der Waals surface area contributed by atoms with Crippen molar-refractivity contribution in [3.8, 4) is 17.7 Å². The van der Waals surface area contributed by atoms with E-state index in [2.05, 4.69) is 28.2 Å². The Morgan fingerprint density at radius 3 is 2.40 bits per heavy atom. The first-order valence-corrected chi connectivity index (χ1v) is 10.0. The summed E-state index contributed by atoms with van der Waals surface area (Å²) in [5.74, 6) is 0.854. The third kappa shape index (κ3) is 4.11. The molecule has 0 bridgehead atoms. The van der Waals surface area contributed by atoms with E-state index in [1.165, 1.54) is 30.6 Å². The lowest BCUT2D eigenvalue weighted by atomic mass is 10.1. The van der Waals surface area contributed by atoms with Crippen molar-refractivity contribution < 1.29 is 9.47 Å². The number of nitrogens with zero attached hydrogens (tertiary/aromatic N) is 3. The van der Waals surface area contributed by atoms with E-state index >= 15 is 0 Å². The fourth-order valence-electron chi connectivity index (χ4n) is 3.48. The first-order valence-electron chi connectivity index (χ1n) is 9.27. The molecule has 3 aromatic rings. The maximum atomic E-state index is 9.72. The normalized spacial score (nSPS) is 13.6. The highest BCUT2D eigenvalue weighted by Gasteiger charge is 2.24. The molecular weight excluding hydrogens is 421 g/mol. The van der Waals surface area contributed by atoms with Crippen LogP contribution in [0.2, 0.25) is 10.0 Å². The summed E-state index contributed by atoms with van der Waals surface area (Å²) in [6.07, 6.45) is 7.74. The number of rotatable bonds is 5. The first kappa shape index (κ1) is 20.2. The van der Waals surface area contributed by atoms with Gasteiger partial charge in [-0.25, -0.2) is 4.98 Å². The highest BCUT2D eigenvalue weighted by molar-refractivity contribution is 6.37. The SMILES string of the molecule is COc1ncc(/C(C#N)=C/c2c(Cl)cncc2Cl)cc1OC1Cc2ccccc2C1. The molecule has 0 saturated heterocycles. The Morgan fingerprint density at radius 2 is 1.80 bits per heavy atom. The molecule has 2 aromatic heterocycles. The van der Waals surface area contributed by atoms with Crippen LogP contribution >= 0.6 is 23.2 Å². The van der Waals surface area contributed by atoms with Crippen molar-refractivity contribution in [3.05, 3.63) is 81.2 Å². The third-order valence-electron chi connectivity index (χ3n) is 4.93. The minimum atomic E-state index is -0.0213. The van der Waals surface area contributed by atoms with Gasteiger partial charge in [0, 0.05) is 42.6 Å². The lowest BCUT2D eigenvalue weighted by Crippen LogP contribution is -2.17. The van der Waals surface area contributed by atoms with E-state index < -0.39 is 0 Å². The van der Waals surface area contributed by atoms with Crippen LogP contribution < -0.4 is 9.47 Å². The average Bonchev–Trinajstić information content (AvgIpc) is 3.16. The largest absolute Gasteiger partial charge is 0.484 e. The molecule has 1 aromatic carbocycles. The molecule has 0 unspecified atom stereocenters. The minimum absolute atomic E-state index is 0.0213. The molecule has 0 N–H and O–H groups in total. The van der Waals surface area contributed by atoms with Gasteiger partial charge in [0.2, 0.25) is 0 Å². The monoisotopic (exact) mass is 437 g/mol. The zero-order valence-corrected chi connectivity index (χ0v) is 17.6. The van der Waals surface area contributed by atoms with Crippen molar-refractivity contribution >= 4 is 34.9 Å². The number of hydrogen-bond donors (Lipinski definition) is 0. The van der Waals surface area contributed by atoms with Gasteiger partial charge >= 0.3 is 0 Å². The highest BCUT2D eigenvalue weighted by atomic mass is 35.5. The van der Waals surface area contributed by atoms with Crippen LogP contribution in [0.1, 0.15) is 22.3 Å². The number of ether oxygens (including phenoxy) is 2. The van der Waals surface area contributed by atoms with E-state index in [4.69, 9.17) is 32.7 Å². The summed E-state index contributed by atoms with van der Waals surface area (Å²) in [5.41, 5.74) is 4.01. The maximum absolute atomic E-state index is 9.72. The Hall–Kier alpha value is -3.07. The van der Waals surface area contributed by atoms with E-state index in [0.29, 0.717) is 38.4 Å². The van der Waals surface area contributed by atoms with Crippen LogP contribution in [0.25, 0.3) is 11.6 Å². The number of hydrogen-bond acceptors (Lipinski definition) is 5. The number of benzene rings is 1. The van der Waals surface area contributed by atoms with E-state index in [9.17, 15) is 5.26 Å². The lowest BCUT2D eigenvalue weighted by molar-refractivity contribution is 0.202. The van der Waals surface area contributed by atoms with E-state index in [0.717, 1.165) is 12.8 Å². The molecule has 30 heavy (non-hydrogen) atoms. The fourth-order valence-corrected chi connectivity index (χ4v) is 3.96. The zero-order valence-electron chi connectivity index (χ0n) is 16.1. The predicted molar refractivity (Wildman–Crippen MR) is 117 cm³/mol. The average molecular weight is 438 g/mol. The smallest absolute Gasteiger partial charge is 0.256 e. The van der Waals surface area contributed by atoms with Crippen molar-refractivity contribution in [2.75, 3.05) is 7.11 Å². The molecule has 0 aliphatic heterocycles. The Morgan fingerprint density at radius 1 is 1.13 bits per heavy atom. The van der Waals surface area contributed by atoms with Crippen LogP contribution in [0.3, 0.4) is 0 Å². The van der Waals surface area contributed by atoms with Crippen LogP contribution in [0, 0.1) is 11.3 Å². The molecule has 0 saturated carbocycles. The molecule has 5 nitrogen and oxygen atoms in total. The van der Waals surface area contributed by atoms with Crippen LogP contribution in [-0.4, -0.2) is 23.2 Å². The third-order valence-corrected chi connectivity index (χ3v) is 5.53. The molecule has 150 valence electrons. The van der Waals surface area contributed by atoms with Crippen LogP contribution in [0.15, 0.2) is 48.9 Å². The maximum Gasteiger partial charge on any atom is 0.256 e. The van der Waals surface area contributed by atoms with Crippen molar-refractivity contribution in [2.24, 2.45) is 0 Å². The second kappa shape index (κ2) is 8.74. The molecular formula is C23H17Cl2N3O2. The van der Waals surface area contributed by atoms with E-state index in [1.54, 1.807) is 18.3 Å². The first-order chi connectivity index (χ1) is 14.6. The number of methoxy groups -OCH3 is 1. The zero-order chi connectivity index (χ0) is 21.1. The summed E-state index contributed by atoms with van der Waals surface area (Å²) in [6, 6.07) is 12.2. The topological polar surface area (TPSA) is 68.0 Å². The lowest BCUT2D eigenvalue weighted by Gasteiger charge is -2.16. The number of halogens is 2. The van der Waals surface area contributed by atoms with Crippen molar-refractivity contribution in [1.82, 2.24) is 9.97 Å². The van der Waals surface area contributed by atoms with Gasteiger partial charge in [0.15, 0.2) is 5.75 Å². The van der Waals surface area contributed by atoms with E-state index in [-0.39, 0.29) is 6.10 Å². The second-order valence-electron chi connectivity index (χ2n) is 6.83. The summed E-state index contributed by atoms with van der Waals surface area (Å²) in [6.45, 7) is 0. The molecule has 2 heterocycles. The molecule has 1 aliphatic carbocycles. The number of allylic oxidation sites excluding steroid dienone is 1.